The summed E-state index contributed by atoms with van der Waals surface area (Å²) in [6, 6.07) is 1.50. The maximum atomic E-state index is 12.5. The van der Waals surface area contributed by atoms with Gasteiger partial charge < -0.3 is 9.84 Å². The van der Waals surface area contributed by atoms with E-state index in [0.29, 0.717) is 36.0 Å². The lowest BCUT2D eigenvalue weighted by molar-refractivity contribution is 0.0948. The van der Waals surface area contributed by atoms with E-state index in [4.69, 9.17) is 4.52 Å². The first-order valence-electron chi connectivity index (χ1n) is 8.95. The fraction of sp³-hybridized carbons (Fsp3) is 0.556. The molecule has 1 amide bonds. The summed E-state index contributed by atoms with van der Waals surface area (Å²) in [4.78, 5) is 31.6. The molecule has 8 nitrogen and oxygen atoms in total. The minimum absolute atomic E-state index is 0.0631. The van der Waals surface area contributed by atoms with Crippen molar-refractivity contribution in [1.29, 1.82) is 0 Å². The van der Waals surface area contributed by atoms with E-state index in [0.717, 1.165) is 25.3 Å². The van der Waals surface area contributed by atoms with Crippen molar-refractivity contribution in [1.82, 2.24) is 24.9 Å². The standard InChI is InChI=1S/C18H25N5O3/c1-12(2)10-22-5-4-6-23-16(11-22)21-14(7-17(23)24)8-19-18(25)15-9-20-26-13(15)3/h7,9,12H,4-6,8,10-11H2,1-3H3,(H,19,25). The molecule has 26 heavy (non-hydrogen) atoms. The van der Waals surface area contributed by atoms with Gasteiger partial charge in [0.25, 0.3) is 11.5 Å². The molecule has 2 aromatic rings. The van der Waals surface area contributed by atoms with Crippen molar-refractivity contribution < 1.29 is 9.32 Å². The van der Waals surface area contributed by atoms with Gasteiger partial charge >= 0.3 is 0 Å². The van der Waals surface area contributed by atoms with Crippen LogP contribution in [0.15, 0.2) is 21.6 Å². The van der Waals surface area contributed by atoms with Crippen LogP contribution in [-0.4, -0.2) is 38.6 Å². The number of carbonyl (C=O) groups is 1. The Bertz CT molecular complexity index is 840. The smallest absolute Gasteiger partial charge is 0.256 e. The van der Waals surface area contributed by atoms with Crippen LogP contribution in [0.4, 0.5) is 0 Å². The average molecular weight is 359 g/mol. The fourth-order valence-electron chi connectivity index (χ4n) is 3.24. The lowest BCUT2D eigenvalue weighted by atomic mass is 10.2. The predicted octanol–water partition coefficient (Wildman–Crippen LogP) is 1.33. The molecule has 0 spiro atoms. The number of amides is 1. The molecule has 0 radical (unpaired) electrons. The Kier molecular flexibility index (Phi) is 5.51. The molecule has 0 aromatic carbocycles. The maximum Gasteiger partial charge on any atom is 0.256 e. The summed E-state index contributed by atoms with van der Waals surface area (Å²) in [6.45, 7) is 9.51. The molecule has 0 bridgehead atoms. The minimum Gasteiger partial charge on any atom is -0.361 e. The number of fused-ring (bicyclic) bond motifs is 1. The third kappa shape index (κ3) is 4.19. The van der Waals surface area contributed by atoms with Gasteiger partial charge in [0.15, 0.2) is 0 Å². The Morgan fingerprint density at radius 2 is 2.19 bits per heavy atom. The predicted molar refractivity (Wildman–Crippen MR) is 95.6 cm³/mol. The molecule has 0 aliphatic carbocycles. The molecule has 2 aromatic heterocycles. The van der Waals surface area contributed by atoms with E-state index in [-0.39, 0.29) is 18.0 Å². The van der Waals surface area contributed by atoms with Gasteiger partial charge in [0.2, 0.25) is 0 Å². The molecule has 140 valence electrons. The van der Waals surface area contributed by atoms with E-state index < -0.39 is 0 Å². The Labute approximate surface area is 152 Å². The molecular weight excluding hydrogens is 334 g/mol. The minimum atomic E-state index is -0.290. The number of hydrogen-bond acceptors (Lipinski definition) is 6. The molecule has 1 N–H and O–H groups in total. The third-order valence-corrected chi connectivity index (χ3v) is 4.41. The lowest BCUT2D eigenvalue weighted by Gasteiger charge is -2.21. The zero-order chi connectivity index (χ0) is 18.7. The normalized spacial score (nSPS) is 14.9. The third-order valence-electron chi connectivity index (χ3n) is 4.41. The van der Waals surface area contributed by atoms with Crippen molar-refractivity contribution in [2.45, 2.75) is 46.8 Å². The second kappa shape index (κ2) is 7.82. The summed E-state index contributed by atoms with van der Waals surface area (Å²) in [5.41, 5.74) is 0.890. The van der Waals surface area contributed by atoms with E-state index in [1.165, 1.54) is 12.3 Å². The van der Waals surface area contributed by atoms with Gasteiger partial charge in [0.05, 0.1) is 25.0 Å². The van der Waals surface area contributed by atoms with Crippen LogP contribution in [0.5, 0.6) is 0 Å². The maximum absolute atomic E-state index is 12.5. The highest BCUT2D eigenvalue weighted by atomic mass is 16.5. The highest BCUT2D eigenvalue weighted by Crippen LogP contribution is 2.11. The number of nitrogens with zero attached hydrogens (tertiary/aromatic N) is 4. The molecule has 3 rings (SSSR count). The van der Waals surface area contributed by atoms with Crippen molar-refractivity contribution in [3.8, 4) is 0 Å². The molecule has 0 saturated carbocycles. The number of hydrogen-bond donors (Lipinski definition) is 1. The van der Waals surface area contributed by atoms with Crippen LogP contribution in [-0.2, 0) is 19.6 Å². The van der Waals surface area contributed by atoms with Gasteiger partial charge in [-0.25, -0.2) is 4.98 Å². The largest absolute Gasteiger partial charge is 0.361 e. The van der Waals surface area contributed by atoms with E-state index in [9.17, 15) is 9.59 Å². The number of rotatable bonds is 5. The molecule has 1 aliphatic rings. The van der Waals surface area contributed by atoms with Crippen LogP contribution in [0, 0.1) is 12.8 Å². The van der Waals surface area contributed by atoms with Crippen molar-refractivity contribution in [2.24, 2.45) is 5.92 Å². The first-order valence-corrected chi connectivity index (χ1v) is 8.95. The summed E-state index contributed by atoms with van der Waals surface area (Å²) in [5, 5.41) is 6.37. The van der Waals surface area contributed by atoms with Crippen molar-refractivity contribution in [3.63, 3.8) is 0 Å². The zero-order valence-electron chi connectivity index (χ0n) is 15.5. The summed E-state index contributed by atoms with van der Waals surface area (Å²) in [6.07, 6.45) is 2.32. The van der Waals surface area contributed by atoms with Gasteiger partial charge in [-0.1, -0.05) is 19.0 Å². The number of carbonyl (C=O) groups excluding carboxylic acids is 1. The molecule has 8 heteroatoms. The van der Waals surface area contributed by atoms with Crippen LogP contribution in [0.2, 0.25) is 0 Å². The van der Waals surface area contributed by atoms with Crippen LogP contribution in [0.3, 0.4) is 0 Å². The Morgan fingerprint density at radius 1 is 1.38 bits per heavy atom. The second-order valence-corrected chi connectivity index (χ2v) is 7.11. The van der Waals surface area contributed by atoms with E-state index in [2.05, 4.69) is 34.2 Å². The van der Waals surface area contributed by atoms with E-state index in [1.54, 1.807) is 11.5 Å². The van der Waals surface area contributed by atoms with Gasteiger partial charge in [-0.15, -0.1) is 0 Å². The summed E-state index contributed by atoms with van der Waals surface area (Å²) in [5.74, 6) is 1.49. The van der Waals surface area contributed by atoms with Gasteiger partial charge in [0, 0.05) is 25.7 Å². The van der Waals surface area contributed by atoms with E-state index in [1.807, 2.05) is 0 Å². The monoisotopic (exact) mass is 359 g/mol. The van der Waals surface area contributed by atoms with Crippen LogP contribution in [0.1, 0.15) is 47.9 Å². The van der Waals surface area contributed by atoms with Crippen LogP contribution in [0.25, 0.3) is 0 Å². The average Bonchev–Trinajstić information content (AvgIpc) is 2.89. The highest BCUT2D eigenvalue weighted by molar-refractivity contribution is 5.94. The van der Waals surface area contributed by atoms with Gasteiger partial charge in [0.1, 0.15) is 17.1 Å². The Hall–Kier alpha value is -2.48. The van der Waals surface area contributed by atoms with Gasteiger partial charge in [-0.2, -0.15) is 0 Å². The van der Waals surface area contributed by atoms with Crippen molar-refractivity contribution in [2.75, 3.05) is 13.1 Å². The number of aromatic nitrogens is 3. The first kappa shape index (κ1) is 18.3. The molecule has 3 heterocycles. The first-order chi connectivity index (χ1) is 12.4. The van der Waals surface area contributed by atoms with E-state index >= 15 is 0 Å². The fourth-order valence-corrected chi connectivity index (χ4v) is 3.24. The Balaban J connectivity index is 1.75. The lowest BCUT2D eigenvalue weighted by Crippen LogP contribution is -2.31. The zero-order valence-corrected chi connectivity index (χ0v) is 15.5. The molecule has 0 atom stereocenters. The number of nitrogens with one attached hydrogen (secondary N) is 1. The summed E-state index contributed by atoms with van der Waals surface area (Å²) in [7, 11) is 0. The van der Waals surface area contributed by atoms with Crippen molar-refractivity contribution in [3.05, 3.63) is 45.5 Å². The molecular formula is C18H25N5O3. The molecule has 1 aliphatic heterocycles. The summed E-state index contributed by atoms with van der Waals surface area (Å²) >= 11 is 0. The quantitative estimate of drug-likeness (QED) is 0.866. The van der Waals surface area contributed by atoms with Gasteiger partial charge in [-0.05, 0) is 19.3 Å². The second-order valence-electron chi connectivity index (χ2n) is 7.11. The highest BCUT2D eigenvalue weighted by Gasteiger charge is 2.18. The van der Waals surface area contributed by atoms with Crippen LogP contribution < -0.4 is 10.9 Å². The topological polar surface area (TPSA) is 93.3 Å². The molecule has 0 saturated heterocycles. The van der Waals surface area contributed by atoms with Crippen LogP contribution >= 0.6 is 0 Å². The van der Waals surface area contributed by atoms with Gasteiger partial charge in [-0.3, -0.25) is 19.1 Å². The summed E-state index contributed by atoms with van der Waals surface area (Å²) < 4.78 is 6.65. The molecule has 0 fully saturated rings. The SMILES string of the molecule is Cc1oncc1C(=O)NCc1cc(=O)n2c(n1)CN(CC(C)C)CCC2. The Morgan fingerprint density at radius 3 is 2.88 bits per heavy atom. The molecule has 0 unspecified atom stereocenters. The number of aryl methyl sites for hydroxylation is 1. The van der Waals surface area contributed by atoms with Crippen molar-refractivity contribution >= 4 is 5.91 Å².